The lowest BCUT2D eigenvalue weighted by atomic mass is 9.93. The monoisotopic (exact) mass is 227 g/mol. The Morgan fingerprint density at radius 1 is 1.44 bits per heavy atom. The molecule has 0 spiro atoms. The quantitative estimate of drug-likeness (QED) is 0.602. The van der Waals surface area contributed by atoms with Gasteiger partial charge < -0.3 is 15.5 Å². The van der Waals surface area contributed by atoms with E-state index in [2.05, 4.69) is 5.32 Å². The molecule has 1 amide bonds. The largest absolute Gasteiger partial charge is 0.480 e. The summed E-state index contributed by atoms with van der Waals surface area (Å²) in [6, 6.07) is -1.22. The Labute approximate surface area is 94.2 Å². The summed E-state index contributed by atoms with van der Waals surface area (Å²) in [6.07, 6.45) is 5.04. The maximum absolute atomic E-state index is 11.7. The second-order valence-electron chi connectivity index (χ2n) is 4.05. The Morgan fingerprint density at radius 3 is 2.56 bits per heavy atom. The van der Waals surface area contributed by atoms with E-state index in [4.69, 9.17) is 5.11 Å². The predicted octanol–water partition coefficient (Wildman–Crippen LogP) is 0.293. The summed E-state index contributed by atoms with van der Waals surface area (Å²) >= 11 is 0. The fourth-order valence-corrected chi connectivity index (χ4v) is 1.69. The number of carboxylic acids is 1. The van der Waals surface area contributed by atoms with Gasteiger partial charge in [-0.15, -0.1) is 0 Å². The Kier molecular flexibility index (Phi) is 4.49. The van der Waals surface area contributed by atoms with E-state index in [1.165, 1.54) is 6.92 Å². The van der Waals surface area contributed by atoms with Gasteiger partial charge in [0.1, 0.15) is 0 Å². The lowest BCUT2D eigenvalue weighted by molar-refractivity contribution is -0.145. The minimum absolute atomic E-state index is 0.175. The van der Waals surface area contributed by atoms with Crippen molar-refractivity contribution in [2.24, 2.45) is 5.92 Å². The summed E-state index contributed by atoms with van der Waals surface area (Å²) in [6.45, 7) is 1.35. The van der Waals surface area contributed by atoms with Gasteiger partial charge in [-0.1, -0.05) is 12.2 Å². The molecule has 0 radical (unpaired) electrons. The van der Waals surface area contributed by atoms with Gasteiger partial charge in [0, 0.05) is 5.92 Å². The lowest BCUT2D eigenvalue weighted by Gasteiger charge is -2.22. The molecule has 0 fully saturated rings. The number of amides is 1. The van der Waals surface area contributed by atoms with Gasteiger partial charge in [0.05, 0.1) is 6.10 Å². The van der Waals surface area contributed by atoms with Crippen LogP contribution in [0.4, 0.5) is 0 Å². The summed E-state index contributed by atoms with van der Waals surface area (Å²) in [5, 5.41) is 20.4. The highest BCUT2D eigenvalue weighted by Crippen LogP contribution is 2.18. The number of carbonyl (C=O) groups excluding carboxylic acids is 1. The Hall–Kier alpha value is -1.36. The van der Waals surface area contributed by atoms with E-state index in [-0.39, 0.29) is 11.8 Å². The molecule has 90 valence electrons. The van der Waals surface area contributed by atoms with Gasteiger partial charge >= 0.3 is 5.97 Å². The van der Waals surface area contributed by atoms with Crippen molar-refractivity contribution in [3.8, 4) is 0 Å². The highest BCUT2D eigenvalue weighted by atomic mass is 16.4. The van der Waals surface area contributed by atoms with Crippen LogP contribution in [0.1, 0.15) is 26.2 Å². The van der Waals surface area contributed by atoms with Gasteiger partial charge in [0.25, 0.3) is 0 Å². The molecule has 1 unspecified atom stereocenters. The number of carbonyl (C=O) groups is 2. The molecule has 0 bridgehead atoms. The fraction of sp³-hybridized carbons (Fsp3) is 0.636. The molecule has 1 aliphatic rings. The van der Waals surface area contributed by atoms with Crippen LogP contribution in [-0.2, 0) is 9.59 Å². The molecular formula is C11H17NO4. The van der Waals surface area contributed by atoms with Gasteiger partial charge in [-0.25, -0.2) is 4.79 Å². The maximum atomic E-state index is 11.7. The highest BCUT2D eigenvalue weighted by Gasteiger charge is 2.28. The minimum Gasteiger partial charge on any atom is -0.480 e. The van der Waals surface area contributed by atoms with Crippen molar-refractivity contribution in [1.82, 2.24) is 5.32 Å². The van der Waals surface area contributed by atoms with Crippen LogP contribution in [-0.4, -0.2) is 34.2 Å². The van der Waals surface area contributed by atoms with Crippen molar-refractivity contribution in [2.45, 2.75) is 38.3 Å². The molecule has 0 aromatic rings. The second kappa shape index (κ2) is 5.65. The van der Waals surface area contributed by atoms with Crippen molar-refractivity contribution >= 4 is 11.9 Å². The van der Waals surface area contributed by atoms with Crippen LogP contribution >= 0.6 is 0 Å². The summed E-state index contributed by atoms with van der Waals surface area (Å²) in [5.41, 5.74) is 0. The molecule has 1 rings (SSSR count). The normalized spacial score (nSPS) is 23.5. The first-order valence-corrected chi connectivity index (χ1v) is 5.38. The minimum atomic E-state index is -1.22. The number of aliphatic hydroxyl groups is 1. The summed E-state index contributed by atoms with van der Waals surface area (Å²) in [5.74, 6) is -1.68. The van der Waals surface area contributed by atoms with Gasteiger partial charge in [-0.05, 0) is 26.2 Å². The first-order valence-electron chi connectivity index (χ1n) is 5.38. The first kappa shape index (κ1) is 12.7. The zero-order valence-corrected chi connectivity index (χ0v) is 9.22. The van der Waals surface area contributed by atoms with E-state index in [0.29, 0.717) is 6.42 Å². The van der Waals surface area contributed by atoms with Crippen molar-refractivity contribution in [1.29, 1.82) is 0 Å². The van der Waals surface area contributed by atoms with Crippen molar-refractivity contribution in [3.05, 3.63) is 12.2 Å². The van der Waals surface area contributed by atoms with Crippen LogP contribution < -0.4 is 5.32 Å². The molecule has 16 heavy (non-hydrogen) atoms. The summed E-state index contributed by atoms with van der Waals surface area (Å²) < 4.78 is 0. The number of aliphatic carboxylic acids is 1. The summed E-state index contributed by atoms with van der Waals surface area (Å²) in [7, 11) is 0. The van der Waals surface area contributed by atoms with Gasteiger partial charge in [0.2, 0.25) is 5.91 Å². The van der Waals surface area contributed by atoms with Gasteiger partial charge in [0.15, 0.2) is 6.04 Å². The molecule has 0 saturated heterocycles. The van der Waals surface area contributed by atoms with Crippen LogP contribution in [0.5, 0.6) is 0 Å². The van der Waals surface area contributed by atoms with Crippen molar-refractivity contribution in [2.75, 3.05) is 0 Å². The molecule has 0 heterocycles. The van der Waals surface area contributed by atoms with E-state index in [1.807, 2.05) is 12.2 Å². The van der Waals surface area contributed by atoms with Crippen LogP contribution in [0.2, 0.25) is 0 Å². The van der Waals surface area contributed by atoms with Crippen molar-refractivity contribution in [3.63, 3.8) is 0 Å². The Bertz CT molecular complexity index is 298. The van der Waals surface area contributed by atoms with E-state index in [9.17, 15) is 14.7 Å². The Morgan fingerprint density at radius 2 is 2.12 bits per heavy atom. The molecule has 0 aliphatic heterocycles. The van der Waals surface area contributed by atoms with E-state index < -0.39 is 18.1 Å². The predicted molar refractivity (Wildman–Crippen MR) is 57.7 cm³/mol. The smallest absolute Gasteiger partial charge is 0.328 e. The zero-order valence-electron chi connectivity index (χ0n) is 9.22. The second-order valence-corrected chi connectivity index (χ2v) is 4.05. The SMILES string of the molecule is C[C@@H](O)[C@H](NC(=O)C1CC=CCC1)C(=O)O. The number of hydrogen-bond donors (Lipinski definition) is 3. The third-order valence-corrected chi connectivity index (χ3v) is 2.69. The van der Waals surface area contributed by atoms with E-state index >= 15 is 0 Å². The van der Waals surface area contributed by atoms with Crippen LogP contribution in [0.3, 0.4) is 0 Å². The number of nitrogens with one attached hydrogen (secondary N) is 1. The maximum Gasteiger partial charge on any atom is 0.328 e. The summed E-state index contributed by atoms with van der Waals surface area (Å²) in [4.78, 5) is 22.5. The molecule has 0 aromatic heterocycles. The number of rotatable bonds is 4. The van der Waals surface area contributed by atoms with Crippen LogP contribution in [0.25, 0.3) is 0 Å². The third kappa shape index (κ3) is 3.34. The van der Waals surface area contributed by atoms with Crippen LogP contribution in [0, 0.1) is 5.92 Å². The topological polar surface area (TPSA) is 86.6 Å². The van der Waals surface area contributed by atoms with Gasteiger partial charge in [-0.3, -0.25) is 4.79 Å². The number of carboxylic acid groups (broad SMARTS) is 1. The molecule has 0 saturated carbocycles. The average Bonchev–Trinajstić information content (AvgIpc) is 2.25. The molecule has 1 aliphatic carbocycles. The first-order chi connectivity index (χ1) is 7.52. The zero-order chi connectivity index (χ0) is 12.1. The van der Waals surface area contributed by atoms with Crippen LogP contribution in [0.15, 0.2) is 12.2 Å². The number of aliphatic hydroxyl groups excluding tert-OH is 1. The Balaban J connectivity index is 2.54. The standard InChI is InChI=1S/C11H17NO4/c1-7(13)9(11(15)16)12-10(14)8-5-3-2-4-6-8/h2-3,7-9,13H,4-6H2,1H3,(H,12,14)(H,15,16)/t7-,8?,9+/m1/s1. The number of allylic oxidation sites excluding steroid dienone is 2. The van der Waals surface area contributed by atoms with E-state index in [1.54, 1.807) is 0 Å². The van der Waals surface area contributed by atoms with Crippen molar-refractivity contribution < 1.29 is 19.8 Å². The third-order valence-electron chi connectivity index (χ3n) is 2.69. The molecule has 5 heteroatoms. The fourth-order valence-electron chi connectivity index (χ4n) is 1.69. The lowest BCUT2D eigenvalue weighted by Crippen LogP contribution is -2.49. The van der Waals surface area contributed by atoms with E-state index in [0.717, 1.165) is 12.8 Å². The average molecular weight is 227 g/mol. The molecule has 5 nitrogen and oxygen atoms in total. The molecule has 3 N–H and O–H groups in total. The molecule has 3 atom stereocenters. The molecule has 0 aromatic carbocycles. The van der Waals surface area contributed by atoms with Gasteiger partial charge in [-0.2, -0.15) is 0 Å². The molecular weight excluding hydrogens is 210 g/mol. The highest BCUT2D eigenvalue weighted by molar-refractivity contribution is 5.85. The number of hydrogen-bond acceptors (Lipinski definition) is 3.